The fourth-order valence-corrected chi connectivity index (χ4v) is 6.77. The molecule has 198 valence electrons. The fraction of sp³-hybridized carbons (Fsp3) is 0.135. The molecule has 1 aliphatic carbocycles. The van der Waals surface area contributed by atoms with Crippen molar-refractivity contribution >= 4 is 33.5 Å². The molecule has 2 aliphatic rings. The van der Waals surface area contributed by atoms with E-state index in [1.165, 1.54) is 44.1 Å². The van der Waals surface area contributed by atoms with Crippen LogP contribution < -0.4 is 0 Å². The zero-order valence-electron chi connectivity index (χ0n) is 23.4. The lowest BCUT2D eigenvalue weighted by Gasteiger charge is -2.34. The van der Waals surface area contributed by atoms with E-state index in [4.69, 9.17) is 9.98 Å². The van der Waals surface area contributed by atoms with Crippen molar-refractivity contribution in [3.8, 4) is 11.1 Å². The lowest BCUT2D eigenvalue weighted by atomic mass is 9.82. The summed E-state index contributed by atoms with van der Waals surface area (Å²) in [5.41, 5.74) is 9.76. The number of hydrogen-bond donors (Lipinski definition) is 0. The van der Waals surface area contributed by atoms with Gasteiger partial charge in [0, 0.05) is 34.4 Å². The Kier molecular flexibility index (Phi) is 5.11. The summed E-state index contributed by atoms with van der Waals surface area (Å²) in [6.07, 6.45) is -0.315. The SMILES string of the molecule is CN1C(c2ccccc2)=NC(c2ccccc2)=NC1n1c2ccccc2c2cc3c(cc21)C(C)(C)c1ccccc1-3. The summed E-state index contributed by atoms with van der Waals surface area (Å²) >= 11 is 0. The minimum atomic E-state index is -0.315. The molecule has 0 N–H and O–H groups in total. The van der Waals surface area contributed by atoms with Gasteiger partial charge in [-0.2, -0.15) is 0 Å². The van der Waals surface area contributed by atoms with E-state index in [1.807, 2.05) is 24.3 Å². The Morgan fingerprint density at radius 3 is 2.05 bits per heavy atom. The van der Waals surface area contributed by atoms with Crippen LogP contribution in [0.3, 0.4) is 0 Å². The second-order valence-corrected chi connectivity index (χ2v) is 11.6. The summed E-state index contributed by atoms with van der Waals surface area (Å²) in [6.45, 7) is 4.68. The largest absolute Gasteiger partial charge is 0.320 e. The lowest BCUT2D eigenvalue weighted by molar-refractivity contribution is 0.297. The fourth-order valence-electron chi connectivity index (χ4n) is 6.77. The van der Waals surface area contributed by atoms with E-state index < -0.39 is 0 Å². The van der Waals surface area contributed by atoms with Crippen LogP contribution in [0.4, 0.5) is 0 Å². The maximum Gasteiger partial charge on any atom is 0.206 e. The zero-order valence-corrected chi connectivity index (χ0v) is 23.4. The van der Waals surface area contributed by atoms with Gasteiger partial charge in [0.15, 0.2) is 5.84 Å². The molecule has 2 heterocycles. The first-order chi connectivity index (χ1) is 20.0. The topological polar surface area (TPSA) is 32.9 Å². The first-order valence-corrected chi connectivity index (χ1v) is 14.2. The number of rotatable bonds is 3. The summed E-state index contributed by atoms with van der Waals surface area (Å²) in [4.78, 5) is 12.7. The van der Waals surface area contributed by atoms with Crippen LogP contribution in [0.25, 0.3) is 32.9 Å². The quantitative estimate of drug-likeness (QED) is 0.226. The normalized spacial score (nSPS) is 17.3. The molecule has 5 aromatic carbocycles. The molecule has 8 rings (SSSR count). The molecular formula is C37H30N4. The number of para-hydroxylation sites is 1. The smallest absolute Gasteiger partial charge is 0.206 e. The maximum absolute atomic E-state index is 5.34. The second kappa shape index (κ2) is 8.77. The number of aromatic nitrogens is 1. The highest BCUT2D eigenvalue weighted by atomic mass is 15.4. The third-order valence-corrected chi connectivity index (χ3v) is 8.84. The van der Waals surface area contributed by atoms with Crippen LogP contribution in [0, 0.1) is 0 Å². The predicted molar refractivity (Wildman–Crippen MR) is 170 cm³/mol. The van der Waals surface area contributed by atoms with Crippen molar-refractivity contribution < 1.29 is 0 Å². The van der Waals surface area contributed by atoms with E-state index in [9.17, 15) is 0 Å². The molecule has 1 aliphatic heterocycles. The average Bonchev–Trinajstić information content (AvgIpc) is 3.46. The monoisotopic (exact) mass is 530 g/mol. The Morgan fingerprint density at radius 1 is 0.610 bits per heavy atom. The molecule has 0 amide bonds. The Labute approximate surface area is 239 Å². The van der Waals surface area contributed by atoms with Gasteiger partial charge < -0.3 is 9.47 Å². The standard InChI is InChI=1S/C37H30N4/c1-37(2)30-20-12-10-18-26(30)28-22-29-27-19-11-13-21-32(27)41(33(29)23-31(28)37)36-39-34(24-14-6-4-7-15-24)38-35(40(36)3)25-16-8-5-9-17-25/h4-23,36H,1-3H3. The number of hydrogen-bond acceptors (Lipinski definition) is 3. The molecule has 1 unspecified atom stereocenters. The first-order valence-electron chi connectivity index (χ1n) is 14.2. The van der Waals surface area contributed by atoms with Gasteiger partial charge in [-0.3, -0.25) is 0 Å². The van der Waals surface area contributed by atoms with E-state index in [1.54, 1.807) is 0 Å². The predicted octanol–water partition coefficient (Wildman–Crippen LogP) is 8.40. The summed E-state index contributed by atoms with van der Waals surface area (Å²) in [6, 6.07) is 43.1. The van der Waals surface area contributed by atoms with Crippen LogP contribution >= 0.6 is 0 Å². The van der Waals surface area contributed by atoms with Gasteiger partial charge >= 0.3 is 0 Å². The average molecular weight is 531 g/mol. The summed E-state index contributed by atoms with van der Waals surface area (Å²) < 4.78 is 2.41. The Balaban J connectivity index is 1.41. The number of aliphatic imine (C=N–C) groups is 2. The van der Waals surface area contributed by atoms with Crippen molar-refractivity contribution in [2.45, 2.75) is 25.6 Å². The van der Waals surface area contributed by atoms with Gasteiger partial charge in [0.1, 0.15) is 5.84 Å². The minimum absolute atomic E-state index is 0.0883. The van der Waals surface area contributed by atoms with E-state index in [2.05, 4.69) is 127 Å². The van der Waals surface area contributed by atoms with Crippen LogP contribution in [-0.4, -0.2) is 28.2 Å². The zero-order chi connectivity index (χ0) is 27.7. The molecule has 0 saturated carbocycles. The van der Waals surface area contributed by atoms with Crippen LogP contribution in [0.15, 0.2) is 131 Å². The molecule has 4 nitrogen and oxygen atoms in total. The van der Waals surface area contributed by atoms with Gasteiger partial charge in [0.2, 0.25) is 6.29 Å². The summed E-state index contributed by atoms with van der Waals surface area (Å²) in [5, 5.41) is 2.49. The van der Waals surface area contributed by atoms with E-state index >= 15 is 0 Å². The Bertz CT molecular complexity index is 2030. The van der Waals surface area contributed by atoms with E-state index in [-0.39, 0.29) is 11.7 Å². The highest BCUT2D eigenvalue weighted by molar-refractivity contribution is 6.14. The minimum Gasteiger partial charge on any atom is -0.320 e. The third-order valence-electron chi connectivity index (χ3n) is 8.84. The molecule has 6 aromatic rings. The molecule has 0 bridgehead atoms. The van der Waals surface area contributed by atoms with Crippen LogP contribution in [0.1, 0.15) is 42.4 Å². The molecule has 41 heavy (non-hydrogen) atoms. The maximum atomic E-state index is 5.34. The van der Waals surface area contributed by atoms with E-state index in [0.717, 1.165) is 22.8 Å². The summed E-state index contributed by atoms with van der Waals surface area (Å²) in [7, 11) is 2.11. The molecular weight excluding hydrogens is 500 g/mol. The van der Waals surface area contributed by atoms with Gasteiger partial charge in [0.25, 0.3) is 0 Å². The number of benzene rings is 5. The molecule has 1 atom stereocenters. The van der Waals surface area contributed by atoms with Crippen LogP contribution in [-0.2, 0) is 5.41 Å². The molecule has 0 saturated heterocycles. The Morgan fingerprint density at radius 2 is 1.27 bits per heavy atom. The van der Waals surface area contributed by atoms with Crippen molar-refractivity contribution in [3.63, 3.8) is 0 Å². The van der Waals surface area contributed by atoms with Crippen LogP contribution in [0.2, 0.25) is 0 Å². The highest BCUT2D eigenvalue weighted by Crippen LogP contribution is 2.51. The lowest BCUT2D eigenvalue weighted by Crippen LogP contribution is -2.38. The van der Waals surface area contributed by atoms with Gasteiger partial charge in [0.05, 0.1) is 11.0 Å². The van der Waals surface area contributed by atoms with Gasteiger partial charge in [-0.15, -0.1) is 0 Å². The second-order valence-electron chi connectivity index (χ2n) is 11.6. The third kappa shape index (κ3) is 3.47. The molecule has 0 radical (unpaired) electrons. The summed E-state index contributed by atoms with van der Waals surface area (Å²) in [5.74, 6) is 1.65. The van der Waals surface area contributed by atoms with Crippen molar-refractivity contribution in [2.75, 3.05) is 7.05 Å². The number of fused-ring (bicyclic) bond motifs is 6. The van der Waals surface area contributed by atoms with E-state index in [0.29, 0.717) is 0 Å². The van der Waals surface area contributed by atoms with Crippen molar-refractivity contribution in [1.29, 1.82) is 0 Å². The van der Waals surface area contributed by atoms with Gasteiger partial charge in [-0.1, -0.05) is 117 Å². The van der Waals surface area contributed by atoms with Crippen molar-refractivity contribution in [2.24, 2.45) is 9.98 Å². The highest BCUT2D eigenvalue weighted by Gasteiger charge is 2.37. The van der Waals surface area contributed by atoms with Crippen molar-refractivity contribution in [1.82, 2.24) is 9.47 Å². The van der Waals surface area contributed by atoms with Gasteiger partial charge in [-0.25, -0.2) is 9.98 Å². The van der Waals surface area contributed by atoms with Gasteiger partial charge in [-0.05, 0) is 40.5 Å². The number of amidine groups is 2. The van der Waals surface area contributed by atoms with Crippen LogP contribution in [0.5, 0.6) is 0 Å². The van der Waals surface area contributed by atoms with Crippen molar-refractivity contribution in [3.05, 3.63) is 144 Å². The molecule has 4 heteroatoms. The first kappa shape index (κ1) is 23.9. The molecule has 1 aromatic heterocycles. The molecule has 0 fully saturated rings. The molecule has 0 spiro atoms. The Hall–Kier alpha value is -4.96. The number of nitrogens with zero attached hydrogens (tertiary/aromatic N) is 4.